The average molecular weight is 298 g/mol. The minimum atomic E-state index is 0.268. The maximum Gasteiger partial charge on any atom is 0.142 e. The van der Waals surface area contributed by atoms with E-state index in [1.165, 1.54) is 36.8 Å². The molecule has 0 radical (unpaired) electrons. The van der Waals surface area contributed by atoms with Crippen LogP contribution in [0.2, 0.25) is 0 Å². The van der Waals surface area contributed by atoms with Crippen LogP contribution < -0.4 is 0 Å². The number of allylic oxidation sites excluding steroid dienone is 4. The molecule has 0 aromatic carbocycles. The second kappa shape index (κ2) is 5.18. The van der Waals surface area contributed by atoms with E-state index in [0.717, 1.165) is 56.1 Å². The Balaban J connectivity index is 1.65. The molecule has 2 heteroatoms. The quantitative estimate of drug-likeness (QED) is 0.408. The maximum absolute atomic E-state index is 11.8. The number of fused-ring (bicyclic) bond motifs is 4. The van der Waals surface area contributed by atoms with Crippen molar-refractivity contribution in [1.29, 1.82) is 0 Å². The zero-order valence-corrected chi connectivity index (χ0v) is 13.6. The average Bonchev–Trinajstić information content (AvgIpc) is 2.84. The zero-order valence-electron chi connectivity index (χ0n) is 13.6. The summed E-state index contributed by atoms with van der Waals surface area (Å²) in [4.78, 5) is 22.7. The molecule has 2 nitrogen and oxygen atoms in total. The molecular formula is C20H26O2. The second-order valence-electron chi connectivity index (χ2n) is 8.08. The van der Waals surface area contributed by atoms with Crippen molar-refractivity contribution in [3.8, 4) is 0 Å². The Morgan fingerprint density at radius 1 is 1.09 bits per heavy atom. The Labute approximate surface area is 133 Å². The van der Waals surface area contributed by atoms with Gasteiger partial charge in [0.15, 0.2) is 0 Å². The van der Waals surface area contributed by atoms with Gasteiger partial charge in [-0.2, -0.15) is 0 Å². The third-order valence-electron chi connectivity index (χ3n) is 7.32. The van der Waals surface area contributed by atoms with E-state index in [4.69, 9.17) is 0 Å². The van der Waals surface area contributed by atoms with Gasteiger partial charge < -0.3 is 0 Å². The van der Waals surface area contributed by atoms with Crippen molar-refractivity contribution in [1.82, 2.24) is 0 Å². The van der Waals surface area contributed by atoms with Crippen molar-refractivity contribution in [2.24, 2.45) is 23.2 Å². The maximum atomic E-state index is 11.8. The van der Waals surface area contributed by atoms with Gasteiger partial charge in [0.25, 0.3) is 0 Å². The van der Waals surface area contributed by atoms with E-state index in [0.29, 0.717) is 5.78 Å². The van der Waals surface area contributed by atoms with E-state index in [-0.39, 0.29) is 5.41 Å². The van der Waals surface area contributed by atoms with Crippen molar-refractivity contribution < 1.29 is 9.59 Å². The van der Waals surface area contributed by atoms with E-state index in [1.807, 2.05) is 6.08 Å². The molecule has 0 N–H and O–H groups in total. The first-order valence-corrected chi connectivity index (χ1v) is 9.01. The number of Topliss-reactive ketones (excluding diaryl/α,β-unsaturated/α-hetero) is 1. The predicted octanol–water partition coefficient (Wildman–Crippen LogP) is 4.40. The van der Waals surface area contributed by atoms with Crippen LogP contribution in [0.4, 0.5) is 0 Å². The third-order valence-corrected chi connectivity index (χ3v) is 7.32. The van der Waals surface area contributed by atoms with Crippen LogP contribution >= 0.6 is 0 Å². The first kappa shape index (κ1) is 14.4. The van der Waals surface area contributed by atoms with Gasteiger partial charge in [0, 0.05) is 12.8 Å². The molecule has 0 amide bonds. The van der Waals surface area contributed by atoms with Gasteiger partial charge >= 0.3 is 0 Å². The van der Waals surface area contributed by atoms with Crippen LogP contribution in [0.5, 0.6) is 0 Å². The molecule has 0 heterocycles. The van der Waals surface area contributed by atoms with Gasteiger partial charge in [0.1, 0.15) is 12.1 Å². The fourth-order valence-corrected chi connectivity index (χ4v) is 6.25. The number of ketones is 1. The molecule has 118 valence electrons. The van der Waals surface area contributed by atoms with Gasteiger partial charge in [0.05, 0.1) is 0 Å². The lowest BCUT2D eigenvalue weighted by atomic mass is 9.54. The number of hydrogen-bond acceptors (Lipinski definition) is 2. The molecule has 2 fully saturated rings. The van der Waals surface area contributed by atoms with Gasteiger partial charge in [-0.1, -0.05) is 23.6 Å². The van der Waals surface area contributed by atoms with E-state index in [2.05, 4.69) is 6.92 Å². The Morgan fingerprint density at radius 2 is 1.95 bits per heavy atom. The van der Waals surface area contributed by atoms with Gasteiger partial charge in [0.2, 0.25) is 0 Å². The highest BCUT2D eigenvalue weighted by molar-refractivity contribution is 5.82. The molecule has 0 aromatic heterocycles. The normalized spacial score (nSPS) is 42.9. The van der Waals surface area contributed by atoms with Gasteiger partial charge in [-0.05, 0) is 74.2 Å². The molecule has 0 bridgehead atoms. The largest absolute Gasteiger partial charge is 0.299 e. The molecule has 4 rings (SSSR count). The lowest BCUT2D eigenvalue weighted by molar-refractivity contribution is -0.119. The SMILES string of the molecule is C[C@]12CC[C@@H]3C4=C(CC[C@H]3[C@@H]1CCC2=CC=O)CC(=O)CC4. The summed E-state index contributed by atoms with van der Waals surface area (Å²) in [7, 11) is 0. The van der Waals surface area contributed by atoms with E-state index >= 15 is 0 Å². The summed E-state index contributed by atoms with van der Waals surface area (Å²) in [6, 6.07) is 0. The Kier molecular flexibility index (Phi) is 3.39. The molecule has 4 aliphatic carbocycles. The fourth-order valence-electron chi connectivity index (χ4n) is 6.25. The highest BCUT2D eigenvalue weighted by atomic mass is 16.1. The van der Waals surface area contributed by atoms with Gasteiger partial charge in [-0.15, -0.1) is 0 Å². The summed E-state index contributed by atoms with van der Waals surface area (Å²) < 4.78 is 0. The molecule has 0 unspecified atom stereocenters. The Morgan fingerprint density at radius 3 is 2.77 bits per heavy atom. The monoisotopic (exact) mass is 298 g/mol. The molecule has 4 atom stereocenters. The van der Waals surface area contributed by atoms with Gasteiger partial charge in [-0.3, -0.25) is 9.59 Å². The number of rotatable bonds is 1. The van der Waals surface area contributed by atoms with Crippen molar-refractivity contribution in [2.45, 2.75) is 64.7 Å². The minimum absolute atomic E-state index is 0.268. The van der Waals surface area contributed by atoms with Crippen LogP contribution in [0.3, 0.4) is 0 Å². The van der Waals surface area contributed by atoms with Crippen LogP contribution in [-0.4, -0.2) is 12.1 Å². The van der Waals surface area contributed by atoms with Crippen molar-refractivity contribution in [2.75, 3.05) is 0 Å². The molecule has 2 saturated carbocycles. The van der Waals surface area contributed by atoms with Crippen molar-refractivity contribution >= 4 is 12.1 Å². The highest BCUT2D eigenvalue weighted by Crippen LogP contribution is 2.62. The van der Waals surface area contributed by atoms with Gasteiger partial charge in [-0.25, -0.2) is 0 Å². The summed E-state index contributed by atoms with van der Waals surface area (Å²) >= 11 is 0. The molecule has 22 heavy (non-hydrogen) atoms. The lowest BCUT2D eigenvalue weighted by Crippen LogP contribution is -2.42. The summed E-state index contributed by atoms with van der Waals surface area (Å²) in [6.07, 6.45) is 12.7. The number of hydrogen-bond donors (Lipinski definition) is 0. The summed E-state index contributed by atoms with van der Waals surface area (Å²) in [5.41, 5.74) is 4.85. The molecule has 0 saturated heterocycles. The van der Waals surface area contributed by atoms with Crippen LogP contribution in [0.25, 0.3) is 0 Å². The fraction of sp³-hybridized carbons (Fsp3) is 0.700. The molecule has 0 spiro atoms. The molecule has 4 aliphatic rings. The topological polar surface area (TPSA) is 34.1 Å². The zero-order chi connectivity index (χ0) is 15.3. The summed E-state index contributed by atoms with van der Waals surface area (Å²) in [6.45, 7) is 2.41. The van der Waals surface area contributed by atoms with Crippen molar-refractivity contribution in [3.05, 3.63) is 22.8 Å². The van der Waals surface area contributed by atoms with E-state index in [1.54, 1.807) is 5.57 Å². The molecule has 0 aliphatic heterocycles. The molecular weight excluding hydrogens is 272 g/mol. The van der Waals surface area contributed by atoms with E-state index in [9.17, 15) is 9.59 Å². The van der Waals surface area contributed by atoms with Crippen molar-refractivity contribution in [3.63, 3.8) is 0 Å². The van der Waals surface area contributed by atoms with Crippen LogP contribution in [0.15, 0.2) is 22.8 Å². The third kappa shape index (κ3) is 1.99. The first-order valence-electron chi connectivity index (χ1n) is 9.01. The van der Waals surface area contributed by atoms with E-state index < -0.39 is 0 Å². The molecule has 0 aromatic rings. The lowest BCUT2D eigenvalue weighted by Gasteiger charge is -2.51. The summed E-state index contributed by atoms with van der Waals surface area (Å²) in [5, 5.41) is 0. The van der Waals surface area contributed by atoms with Crippen LogP contribution in [0.1, 0.15) is 64.7 Å². The van der Waals surface area contributed by atoms with Crippen LogP contribution in [0, 0.1) is 23.2 Å². The highest BCUT2D eigenvalue weighted by Gasteiger charge is 2.52. The predicted molar refractivity (Wildman–Crippen MR) is 86.3 cm³/mol. The van der Waals surface area contributed by atoms with Crippen LogP contribution in [-0.2, 0) is 9.59 Å². The minimum Gasteiger partial charge on any atom is -0.299 e. The Bertz CT molecular complexity index is 583. The summed E-state index contributed by atoms with van der Waals surface area (Å²) in [5.74, 6) is 2.74. The standard InChI is InChI=1S/C20H26O2/c1-20-10-8-17-16-6-4-15(22)12-13(16)2-5-18(17)19(20)7-3-14(20)9-11-21/h9,11,17-19H,2-8,10,12H2,1H3/t17-,18-,19+,20-/m1/s1. The number of carbonyl (C=O) groups excluding carboxylic acids is 2. The smallest absolute Gasteiger partial charge is 0.142 e. The number of aldehydes is 1. The Hall–Kier alpha value is -1.18. The first-order chi connectivity index (χ1) is 10.6. The number of carbonyl (C=O) groups is 2. The second-order valence-corrected chi connectivity index (χ2v) is 8.08.